The van der Waals surface area contributed by atoms with Crippen LogP contribution in [-0.4, -0.2) is 29.3 Å². The molecule has 0 spiro atoms. The number of nitrogens with one attached hydrogen (secondary N) is 1. The standard InChI is InChI=1S/C20H27N3O4/c1-3-25-16-11-10-15(12-17(16)26-4-2)19(24)21-13-18-22-20(27-23-18)14-8-6-5-7-9-14/h10-12,14H,3-9,13H2,1-2H3,(H,21,24). The first-order valence-electron chi connectivity index (χ1n) is 9.71. The van der Waals surface area contributed by atoms with E-state index >= 15 is 0 Å². The molecule has 1 N–H and O–H groups in total. The minimum absolute atomic E-state index is 0.219. The lowest BCUT2D eigenvalue weighted by Crippen LogP contribution is -2.23. The molecule has 0 saturated heterocycles. The van der Waals surface area contributed by atoms with Crippen LogP contribution in [0.5, 0.6) is 11.5 Å². The fourth-order valence-electron chi connectivity index (χ4n) is 3.31. The molecule has 1 fully saturated rings. The van der Waals surface area contributed by atoms with Crippen LogP contribution in [0.3, 0.4) is 0 Å². The van der Waals surface area contributed by atoms with Gasteiger partial charge in [0, 0.05) is 11.5 Å². The Bertz CT molecular complexity index is 753. The van der Waals surface area contributed by atoms with Crippen LogP contribution >= 0.6 is 0 Å². The number of nitrogens with zero attached hydrogens (tertiary/aromatic N) is 2. The number of hydrogen-bond acceptors (Lipinski definition) is 6. The Morgan fingerprint density at radius 2 is 1.89 bits per heavy atom. The van der Waals surface area contributed by atoms with Crippen LogP contribution in [0.1, 0.15) is 73.9 Å². The number of ether oxygens (including phenoxy) is 2. The van der Waals surface area contributed by atoms with E-state index in [1.54, 1.807) is 18.2 Å². The first-order chi connectivity index (χ1) is 13.2. The van der Waals surface area contributed by atoms with Crippen molar-refractivity contribution in [2.45, 2.75) is 58.4 Å². The summed E-state index contributed by atoms with van der Waals surface area (Å²) in [5.41, 5.74) is 0.498. The van der Waals surface area contributed by atoms with Crippen molar-refractivity contribution in [1.29, 1.82) is 0 Å². The molecule has 1 aromatic carbocycles. The van der Waals surface area contributed by atoms with Crippen molar-refractivity contribution in [1.82, 2.24) is 15.5 Å². The summed E-state index contributed by atoms with van der Waals surface area (Å²) in [7, 11) is 0. The summed E-state index contributed by atoms with van der Waals surface area (Å²) in [5, 5.41) is 6.83. The predicted octanol–water partition coefficient (Wildman–Crippen LogP) is 3.84. The lowest BCUT2D eigenvalue weighted by molar-refractivity contribution is 0.0949. The van der Waals surface area contributed by atoms with Gasteiger partial charge >= 0.3 is 0 Å². The Labute approximate surface area is 159 Å². The molecule has 7 nitrogen and oxygen atoms in total. The number of benzene rings is 1. The van der Waals surface area contributed by atoms with Gasteiger partial charge in [-0.25, -0.2) is 0 Å². The van der Waals surface area contributed by atoms with Gasteiger partial charge in [0.1, 0.15) is 0 Å². The SMILES string of the molecule is CCOc1ccc(C(=O)NCc2noc(C3CCCCC3)n2)cc1OCC. The van der Waals surface area contributed by atoms with Gasteiger partial charge in [-0.15, -0.1) is 0 Å². The van der Waals surface area contributed by atoms with Crippen molar-refractivity contribution in [3.05, 3.63) is 35.5 Å². The van der Waals surface area contributed by atoms with Gasteiger partial charge in [0.25, 0.3) is 5.91 Å². The average Bonchev–Trinajstić information content (AvgIpc) is 3.17. The van der Waals surface area contributed by atoms with Crippen molar-refractivity contribution in [2.24, 2.45) is 0 Å². The maximum absolute atomic E-state index is 12.5. The first kappa shape index (κ1) is 19.2. The van der Waals surface area contributed by atoms with Crippen molar-refractivity contribution in [3.8, 4) is 11.5 Å². The molecule has 2 aromatic rings. The third-order valence-electron chi connectivity index (χ3n) is 4.65. The Hall–Kier alpha value is -2.57. The highest BCUT2D eigenvalue weighted by Crippen LogP contribution is 2.31. The second-order valence-electron chi connectivity index (χ2n) is 6.59. The lowest BCUT2D eigenvalue weighted by Gasteiger charge is -2.17. The molecule has 0 radical (unpaired) electrons. The Morgan fingerprint density at radius 3 is 2.63 bits per heavy atom. The van der Waals surface area contributed by atoms with Gasteiger partial charge in [-0.3, -0.25) is 4.79 Å². The molecule has 1 aliphatic carbocycles. The van der Waals surface area contributed by atoms with E-state index in [9.17, 15) is 4.79 Å². The summed E-state index contributed by atoms with van der Waals surface area (Å²) in [6, 6.07) is 5.15. The van der Waals surface area contributed by atoms with E-state index in [0.29, 0.717) is 47.9 Å². The zero-order valence-corrected chi connectivity index (χ0v) is 16.0. The minimum Gasteiger partial charge on any atom is -0.490 e. The minimum atomic E-state index is -0.219. The Balaban J connectivity index is 1.60. The summed E-state index contributed by atoms with van der Waals surface area (Å²) >= 11 is 0. The molecule has 0 bridgehead atoms. The van der Waals surface area contributed by atoms with Crippen LogP contribution in [-0.2, 0) is 6.54 Å². The average molecular weight is 373 g/mol. The molecule has 1 aromatic heterocycles. The van der Waals surface area contributed by atoms with Crippen molar-refractivity contribution in [2.75, 3.05) is 13.2 Å². The number of hydrogen-bond donors (Lipinski definition) is 1. The highest BCUT2D eigenvalue weighted by atomic mass is 16.5. The van der Waals surface area contributed by atoms with E-state index in [2.05, 4.69) is 15.5 Å². The van der Waals surface area contributed by atoms with Crippen molar-refractivity contribution >= 4 is 5.91 Å². The monoisotopic (exact) mass is 373 g/mol. The summed E-state index contributed by atoms with van der Waals surface area (Å²) in [5.74, 6) is 2.52. The maximum atomic E-state index is 12.5. The summed E-state index contributed by atoms with van der Waals surface area (Å²) < 4.78 is 16.5. The third kappa shape index (κ3) is 4.99. The van der Waals surface area contributed by atoms with Crippen LogP contribution in [0.25, 0.3) is 0 Å². The normalized spacial score (nSPS) is 14.7. The van der Waals surface area contributed by atoms with Gasteiger partial charge in [0.2, 0.25) is 5.89 Å². The zero-order valence-electron chi connectivity index (χ0n) is 16.0. The molecule has 146 valence electrons. The first-order valence-corrected chi connectivity index (χ1v) is 9.71. The van der Waals surface area contributed by atoms with Gasteiger partial charge in [-0.1, -0.05) is 24.4 Å². The van der Waals surface area contributed by atoms with Crippen LogP contribution in [0, 0.1) is 0 Å². The molecule has 1 amide bonds. The smallest absolute Gasteiger partial charge is 0.251 e. The second-order valence-corrected chi connectivity index (χ2v) is 6.59. The fraction of sp³-hybridized carbons (Fsp3) is 0.550. The molecule has 0 aliphatic heterocycles. The van der Waals surface area contributed by atoms with E-state index in [1.165, 1.54) is 19.3 Å². The van der Waals surface area contributed by atoms with Gasteiger partial charge in [0.15, 0.2) is 17.3 Å². The highest BCUT2D eigenvalue weighted by Gasteiger charge is 2.21. The van der Waals surface area contributed by atoms with Crippen LogP contribution in [0.4, 0.5) is 0 Å². The van der Waals surface area contributed by atoms with Crippen LogP contribution in [0.2, 0.25) is 0 Å². The lowest BCUT2D eigenvalue weighted by atomic mass is 9.89. The fourth-order valence-corrected chi connectivity index (χ4v) is 3.31. The molecular formula is C20H27N3O4. The Morgan fingerprint density at radius 1 is 1.15 bits per heavy atom. The van der Waals surface area contributed by atoms with Crippen molar-refractivity contribution in [3.63, 3.8) is 0 Å². The molecule has 1 saturated carbocycles. The summed E-state index contributed by atoms with van der Waals surface area (Å²) in [6.45, 7) is 5.06. The van der Waals surface area contributed by atoms with E-state index in [-0.39, 0.29) is 12.5 Å². The van der Waals surface area contributed by atoms with Gasteiger partial charge < -0.3 is 19.3 Å². The maximum Gasteiger partial charge on any atom is 0.251 e. The number of aromatic nitrogens is 2. The van der Waals surface area contributed by atoms with Gasteiger partial charge in [0.05, 0.1) is 19.8 Å². The second kappa shape index (κ2) is 9.39. The summed E-state index contributed by atoms with van der Waals surface area (Å²) in [4.78, 5) is 16.9. The number of rotatable bonds is 8. The zero-order chi connectivity index (χ0) is 19.1. The van der Waals surface area contributed by atoms with Gasteiger partial charge in [-0.2, -0.15) is 4.98 Å². The predicted molar refractivity (Wildman–Crippen MR) is 100 cm³/mol. The largest absolute Gasteiger partial charge is 0.490 e. The van der Waals surface area contributed by atoms with E-state index < -0.39 is 0 Å². The molecule has 27 heavy (non-hydrogen) atoms. The molecule has 7 heteroatoms. The topological polar surface area (TPSA) is 86.5 Å². The van der Waals surface area contributed by atoms with E-state index in [1.807, 2.05) is 13.8 Å². The third-order valence-corrected chi connectivity index (χ3v) is 4.65. The van der Waals surface area contributed by atoms with Crippen molar-refractivity contribution < 1.29 is 18.8 Å². The molecule has 0 atom stereocenters. The number of amides is 1. The number of carbonyl (C=O) groups is 1. The van der Waals surface area contributed by atoms with Crippen LogP contribution < -0.4 is 14.8 Å². The molecule has 1 heterocycles. The molecule has 0 unspecified atom stereocenters. The van der Waals surface area contributed by atoms with Crippen LogP contribution in [0.15, 0.2) is 22.7 Å². The van der Waals surface area contributed by atoms with E-state index in [0.717, 1.165) is 12.8 Å². The van der Waals surface area contributed by atoms with Gasteiger partial charge in [-0.05, 0) is 44.9 Å². The number of carbonyl (C=O) groups excluding carboxylic acids is 1. The quantitative estimate of drug-likeness (QED) is 0.756. The summed E-state index contributed by atoms with van der Waals surface area (Å²) in [6.07, 6.45) is 5.89. The van der Waals surface area contributed by atoms with E-state index in [4.69, 9.17) is 14.0 Å². The molecule has 1 aliphatic rings. The molecule has 3 rings (SSSR count). The highest BCUT2D eigenvalue weighted by molar-refractivity contribution is 5.94. The Kier molecular flexibility index (Phi) is 6.68. The molecular weight excluding hydrogens is 346 g/mol.